The Labute approximate surface area is 95.8 Å². The van der Waals surface area contributed by atoms with E-state index >= 15 is 0 Å². The van der Waals surface area contributed by atoms with Crippen LogP contribution in [0.1, 0.15) is 6.42 Å². The topological polar surface area (TPSA) is 46.6 Å². The minimum Gasteiger partial charge on any atom is -0.435 e. The highest BCUT2D eigenvalue weighted by molar-refractivity contribution is 6.15. The van der Waals surface area contributed by atoms with Crippen molar-refractivity contribution in [2.45, 2.75) is 13.0 Å². The molecule has 17 heavy (non-hydrogen) atoms. The summed E-state index contributed by atoms with van der Waals surface area (Å²) in [5.41, 5.74) is 0.502. The second-order valence-electron chi connectivity index (χ2n) is 3.57. The molecule has 0 N–H and O–H groups in total. The largest absolute Gasteiger partial charge is 0.435 e. The molecule has 0 atom stereocenters. The third kappa shape index (κ3) is 2.58. The van der Waals surface area contributed by atoms with Crippen LogP contribution in [0.25, 0.3) is 0 Å². The Balaban J connectivity index is 2.13. The fourth-order valence-corrected chi connectivity index (χ4v) is 1.63. The van der Waals surface area contributed by atoms with E-state index < -0.39 is 6.61 Å². The van der Waals surface area contributed by atoms with Gasteiger partial charge in [-0.15, -0.1) is 0 Å². The summed E-state index contributed by atoms with van der Waals surface area (Å²) >= 11 is 0. The molecule has 6 heteroatoms. The zero-order valence-electron chi connectivity index (χ0n) is 8.73. The molecular weight excluding hydrogens is 232 g/mol. The number of alkyl halides is 2. The summed E-state index contributed by atoms with van der Waals surface area (Å²) in [6.07, 6.45) is -0.102. The Bertz CT molecular complexity index is 445. The van der Waals surface area contributed by atoms with Crippen molar-refractivity contribution in [2.24, 2.45) is 0 Å². The normalized spacial score (nSPS) is 15.8. The highest BCUT2D eigenvalue weighted by Crippen LogP contribution is 2.23. The number of nitrogens with zero attached hydrogens (tertiary/aromatic N) is 1. The molecule has 4 nitrogen and oxygen atoms in total. The molecule has 0 aliphatic carbocycles. The van der Waals surface area contributed by atoms with Crippen molar-refractivity contribution in [1.29, 1.82) is 0 Å². The minimum absolute atomic E-state index is 0.0155. The highest BCUT2D eigenvalue weighted by atomic mass is 19.3. The van der Waals surface area contributed by atoms with Gasteiger partial charge in [0.15, 0.2) is 5.78 Å². The van der Waals surface area contributed by atoms with Crippen molar-refractivity contribution >= 4 is 17.4 Å². The molecule has 0 radical (unpaired) electrons. The third-order valence-electron chi connectivity index (χ3n) is 2.36. The number of anilines is 1. The molecule has 0 bridgehead atoms. The van der Waals surface area contributed by atoms with Crippen LogP contribution in [-0.2, 0) is 9.59 Å². The van der Waals surface area contributed by atoms with Crippen LogP contribution < -0.4 is 9.64 Å². The number of hydrogen-bond acceptors (Lipinski definition) is 3. The Morgan fingerprint density at radius 2 is 1.82 bits per heavy atom. The van der Waals surface area contributed by atoms with E-state index in [4.69, 9.17) is 0 Å². The Morgan fingerprint density at radius 1 is 1.18 bits per heavy atom. The fourth-order valence-electron chi connectivity index (χ4n) is 1.63. The van der Waals surface area contributed by atoms with Crippen molar-refractivity contribution < 1.29 is 23.1 Å². The number of hydrogen-bond donors (Lipinski definition) is 0. The van der Waals surface area contributed by atoms with Gasteiger partial charge in [-0.2, -0.15) is 8.78 Å². The lowest BCUT2D eigenvalue weighted by atomic mass is 10.3. The molecule has 1 aromatic rings. The number of benzene rings is 1. The second-order valence-corrected chi connectivity index (χ2v) is 3.57. The first-order chi connectivity index (χ1) is 8.06. The SMILES string of the molecule is O=C1CC(=O)N(c2ccc(OC(F)F)cc2)C1. The van der Waals surface area contributed by atoms with Crippen molar-refractivity contribution in [2.75, 3.05) is 11.4 Å². The van der Waals surface area contributed by atoms with Crippen molar-refractivity contribution in [3.05, 3.63) is 24.3 Å². The maximum atomic E-state index is 11.9. The number of rotatable bonds is 3. The fraction of sp³-hybridized carbons (Fsp3) is 0.273. The summed E-state index contributed by atoms with van der Waals surface area (Å²) in [6.45, 7) is -2.84. The molecule has 1 aliphatic heterocycles. The second kappa shape index (κ2) is 4.48. The molecule has 1 amide bonds. The van der Waals surface area contributed by atoms with E-state index in [-0.39, 0.29) is 30.4 Å². The molecule has 90 valence electrons. The van der Waals surface area contributed by atoms with Gasteiger partial charge in [0.25, 0.3) is 0 Å². The first kappa shape index (κ1) is 11.5. The zero-order chi connectivity index (χ0) is 12.4. The summed E-state index contributed by atoms with van der Waals surface area (Å²) in [5.74, 6) is -0.415. The maximum Gasteiger partial charge on any atom is 0.387 e. The number of carbonyl (C=O) groups excluding carboxylic acids is 2. The van der Waals surface area contributed by atoms with Gasteiger partial charge in [0, 0.05) is 5.69 Å². The summed E-state index contributed by atoms with van der Waals surface area (Å²) in [7, 11) is 0. The van der Waals surface area contributed by atoms with Crippen LogP contribution in [-0.4, -0.2) is 24.8 Å². The van der Waals surface area contributed by atoms with Gasteiger partial charge in [-0.1, -0.05) is 0 Å². The number of ketones is 1. The van der Waals surface area contributed by atoms with E-state index in [1.165, 1.54) is 29.2 Å². The lowest BCUT2D eigenvalue weighted by molar-refractivity contribution is -0.121. The van der Waals surface area contributed by atoms with Crippen LogP contribution in [0.5, 0.6) is 5.75 Å². The molecule has 1 fully saturated rings. The van der Waals surface area contributed by atoms with E-state index in [1.54, 1.807) is 0 Å². The monoisotopic (exact) mass is 241 g/mol. The van der Waals surface area contributed by atoms with Gasteiger partial charge < -0.3 is 9.64 Å². The van der Waals surface area contributed by atoms with Crippen LogP contribution in [0, 0.1) is 0 Å². The first-order valence-corrected chi connectivity index (χ1v) is 4.93. The van der Waals surface area contributed by atoms with E-state index in [0.29, 0.717) is 5.69 Å². The van der Waals surface area contributed by atoms with Gasteiger partial charge >= 0.3 is 6.61 Å². The molecule has 1 heterocycles. The number of halogens is 2. The molecule has 0 spiro atoms. The van der Waals surface area contributed by atoms with E-state index in [2.05, 4.69) is 4.74 Å². The van der Waals surface area contributed by atoms with Gasteiger partial charge in [-0.05, 0) is 24.3 Å². The van der Waals surface area contributed by atoms with Crippen molar-refractivity contribution in [1.82, 2.24) is 0 Å². The summed E-state index contributed by atoms with van der Waals surface area (Å²) < 4.78 is 28.0. The first-order valence-electron chi connectivity index (χ1n) is 4.93. The van der Waals surface area contributed by atoms with E-state index in [0.717, 1.165) is 0 Å². The van der Waals surface area contributed by atoms with Gasteiger partial charge in [0.1, 0.15) is 5.75 Å². The lowest BCUT2D eigenvalue weighted by Crippen LogP contribution is -2.24. The van der Waals surface area contributed by atoms with Crippen molar-refractivity contribution in [3.8, 4) is 5.75 Å². The van der Waals surface area contributed by atoms with E-state index in [9.17, 15) is 18.4 Å². The van der Waals surface area contributed by atoms with Gasteiger partial charge in [-0.3, -0.25) is 9.59 Å². The lowest BCUT2D eigenvalue weighted by Gasteiger charge is -2.15. The Morgan fingerprint density at radius 3 is 2.29 bits per heavy atom. The van der Waals surface area contributed by atoms with Crippen LogP contribution in [0.2, 0.25) is 0 Å². The number of Topliss-reactive ketones (excluding diaryl/α,β-unsaturated/α-hetero) is 1. The van der Waals surface area contributed by atoms with Crippen LogP contribution in [0.15, 0.2) is 24.3 Å². The van der Waals surface area contributed by atoms with Crippen LogP contribution in [0.4, 0.5) is 14.5 Å². The average molecular weight is 241 g/mol. The van der Waals surface area contributed by atoms with E-state index in [1.807, 2.05) is 0 Å². The predicted octanol–water partition coefficient (Wildman–Crippen LogP) is 1.59. The standard InChI is InChI=1S/C11H9F2NO3/c12-11(13)17-9-3-1-7(2-4-9)14-6-8(15)5-10(14)16/h1-4,11H,5-6H2. The van der Waals surface area contributed by atoms with Gasteiger partial charge in [-0.25, -0.2) is 0 Å². The smallest absolute Gasteiger partial charge is 0.387 e. The molecule has 1 saturated heterocycles. The predicted molar refractivity (Wildman–Crippen MR) is 55.1 cm³/mol. The average Bonchev–Trinajstić information content (AvgIpc) is 2.58. The molecule has 0 saturated carbocycles. The van der Waals surface area contributed by atoms with Crippen LogP contribution in [0.3, 0.4) is 0 Å². The molecule has 1 aliphatic rings. The summed E-state index contributed by atoms with van der Waals surface area (Å²) in [6, 6.07) is 5.59. The molecule has 2 rings (SSSR count). The Hall–Kier alpha value is -1.98. The summed E-state index contributed by atoms with van der Waals surface area (Å²) in [4.78, 5) is 23.8. The van der Waals surface area contributed by atoms with Crippen LogP contribution >= 0.6 is 0 Å². The Kier molecular flexibility index (Phi) is 3.03. The van der Waals surface area contributed by atoms with Gasteiger partial charge in [0.05, 0.1) is 13.0 Å². The quantitative estimate of drug-likeness (QED) is 0.755. The number of carbonyl (C=O) groups is 2. The third-order valence-corrected chi connectivity index (χ3v) is 2.36. The zero-order valence-corrected chi connectivity index (χ0v) is 8.73. The minimum atomic E-state index is -2.88. The molecule has 1 aromatic carbocycles. The number of amides is 1. The summed E-state index contributed by atoms with van der Waals surface area (Å²) in [5, 5.41) is 0. The van der Waals surface area contributed by atoms with Crippen molar-refractivity contribution in [3.63, 3.8) is 0 Å². The molecular formula is C11H9F2NO3. The molecule has 0 aromatic heterocycles. The maximum absolute atomic E-state index is 11.9. The van der Waals surface area contributed by atoms with Gasteiger partial charge in [0.2, 0.25) is 5.91 Å². The number of ether oxygens (including phenoxy) is 1. The highest BCUT2D eigenvalue weighted by Gasteiger charge is 2.28. The molecule has 0 unspecified atom stereocenters.